The van der Waals surface area contributed by atoms with E-state index in [0.29, 0.717) is 6.42 Å². The number of aromatic nitrogens is 2. The lowest BCUT2D eigenvalue weighted by atomic mass is 10.0. The Kier molecular flexibility index (Phi) is 4.29. The van der Waals surface area contributed by atoms with Crippen LogP contribution in [0.4, 0.5) is 0 Å². The standard InChI is InChI=1S/C15H21N3O2/c1-10-5-12(18(2)17-10)8-15(16)11-6-13(19-3)9-14(7-11)20-4/h5-7,9,15H,8,16H2,1-4H3. The number of aryl methyl sites for hydroxylation is 2. The van der Waals surface area contributed by atoms with E-state index in [1.54, 1.807) is 14.2 Å². The Labute approximate surface area is 119 Å². The van der Waals surface area contributed by atoms with Gasteiger partial charge in [-0.1, -0.05) is 0 Å². The van der Waals surface area contributed by atoms with Crippen molar-refractivity contribution in [3.05, 3.63) is 41.2 Å². The molecule has 5 heteroatoms. The van der Waals surface area contributed by atoms with Gasteiger partial charge in [-0.3, -0.25) is 4.68 Å². The van der Waals surface area contributed by atoms with Crippen molar-refractivity contribution >= 4 is 0 Å². The zero-order valence-corrected chi connectivity index (χ0v) is 12.4. The molecule has 0 radical (unpaired) electrons. The molecule has 0 aliphatic rings. The van der Waals surface area contributed by atoms with Gasteiger partial charge in [-0.05, 0) is 30.7 Å². The van der Waals surface area contributed by atoms with E-state index >= 15 is 0 Å². The van der Waals surface area contributed by atoms with Gasteiger partial charge in [-0.15, -0.1) is 0 Å². The van der Waals surface area contributed by atoms with Crippen LogP contribution in [0.1, 0.15) is 23.0 Å². The van der Waals surface area contributed by atoms with Gasteiger partial charge in [0.1, 0.15) is 11.5 Å². The Morgan fingerprint density at radius 3 is 2.20 bits per heavy atom. The van der Waals surface area contributed by atoms with E-state index in [9.17, 15) is 0 Å². The van der Waals surface area contributed by atoms with Gasteiger partial charge in [-0.25, -0.2) is 0 Å². The highest BCUT2D eigenvalue weighted by Crippen LogP contribution is 2.27. The molecule has 1 aromatic carbocycles. The first-order chi connectivity index (χ1) is 9.53. The maximum atomic E-state index is 6.30. The predicted octanol–water partition coefficient (Wildman–Crippen LogP) is 1.99. The fourth-order valence-corrected chi connectivity index (χ4v) is 2.24. The van der Waals surface area contributed by atoms with E-state index in [4.69, 9.17) is 15.2 Å². The summed E-state index contributed by atoms with van der Waals surface area (Å²) in [6, 6.07) is 7.64. The van der Waals surface area contributed by atoms with Crippen molar-refractivity contribution in [2.45, 2.75) is 19.4 Å². The van der Waals surface area contributed by atoms with Crippen molar-refractivity contribution in [2.75, 3.05) is 14.2 Å². The Morgan fingerprint density at radius 1 is 1.15 bits per heavy atom. The van der Waals surface area contributed by atoms with E-state index in [1.165, 1.54) is 0 Å². The zero-order chi connectivity index (χ0) is 14.7. The highest BCUT2D eigenvalue weighted by molar-refractivity contribution is 5.40. The van der Waals surface area contributed by atoms with Crippen LogP contribution in [0.5, 0.6) is 11.5 Å². The van der Waals surface area contributed by atoms with E-state index < -0.39 is 0 Å². The van der Waals surface area contributed by atoms with Crippen molar-refractivity contribution in [1.29, 1.82) is 0 Å². The van der Waals surface area contributed by atoms with Gasteiger partial charge < -0.3 is 15.2 Å². The summed E-state index contributed by atoms with van der Waals surface area (Å²) in [5, 5.41) is 4.34. The summed E-state index contributed by atoms with van der Waals surface area (Å²) in [7, 11) is 5.20. The molecule has 0 bridgehead atoms. The number of benzene rings is 1. The molecule has 20 heavy (non-hydrogen) atoms. The van der Waals surface area contributed by atoms with Crippen LogP contribution in [-0.2, 0) is 13.5 Å². The first kappa shape index (κ1) is 14.4. The maximum Gasteiger partial charge on any atom is 0.122 e. The lowest BCUT2D eigenvalue weighted by Crippen LogP contribution is -2.15. The van der Waals surface area contributed by atoms with Gasteiger partial charge in [0.2, 0.25) is 0 Å². The van der Waals surface area contributed by atoms with Crippen LogP contribution in [0.3, 0.4) is 0 Å². The van der Waals surface area contributed by atoms with Crippen LogP contribution >= 0.6 is 0 Å². The van der Waals surface area contributed by atoms with E-state index in [1.807, 2.05) is 36.9 Å². The molecule has 108 valence electrons. The second-order valence-electron chi connectivity index (χ2n) is 4.86. The van der Waals surface area contributed by atoms with Crippen LogP contribution in [-0.4, -0.2) is 24.0 Å². The molecule has 2 rings (SSSR count). The molecule has 0 aliphatic carbocycles. The first-order valence-corrected chi connectivity index (χ1v) is 6.51. The van der Waals surface area contributed by atoms with E-state index in [0.717, 1.165) is 28.5 Å². The summed E-state index contributed by atoms with van der Waals surface area (Å²) >= 11 is 0. The number of rotatable bonds is 5. The fourth-order valence-electron chi connectivity index (χ4n) is 2.24. The number of ether oxygens (including phenoxy) is 2. The molecule has 0 saturated heterocycles. The number of nitrogens with two attached hydrogens (primary N) is 1. The third-order valence-corrected chi connectivity index (χ3v) is 3.33. The Morgan fingerprint density at radius 2 is 1.75 bits per heavy atom. The Bertz CT molecular complexity index is 571. The highest BCUT2D eigenvalue weighted by atomic mass is 16.5. The van der Waals surface area contributed by atoms with Gasteiger partial charge in [0.25, 0.3) is 0 Å². The maximum absolute atomic E-state index is 6.30. The van der Waals surface area contributed by atoms with E-state index in [2.05, 4.69) is 11.2 Å². The van der Waals surface area contributed by atoms with Gasteiger partial charge in [0, 0.05) is 31.3 Å². The molecular weight excluding hydrogens is 254 g/mol. The Balaban J connectivity index is 2.24. The van der Waals surface area contributed by atoms with Gasteiger partial charge >= 0.3 is 0 Å². The summed E-state index contributed by atoms with van der Waals surface area (Å²) in [5.74, 6) is 1.49. The van der Waals surface area contributed by atoms with Crippen LogP contribution in [0.15, 0.2) is 24.3 Å². The second kappa shape index (κ2) is 5.96. The van der Waals surface area contributed by atoms with Crippen LogP contribution in [0.2, 0.25) is 0 Å². The molecular formula is C15H21N3O2. The van der Waals surface area contributed by atoms with Crippen molar-refractivity contribution in [3.8, 4) is 11.5 Å². The molecule has 5 nitrogen and oxygen atoms in total. The third-order valence-electron chi connectivity index (χ3n) is 3.33. The van der Waals surface area contributed by atoms with Crippen molar-refractivity contribution < 1.29 is 9.47 Å². The highest BCUT2D eigenvalue weighted by Gasteiger charge is 2.13. The SMILES string of the molecule is COc1cc(OC)cc(C(N)Cc2cc(C)nn2C)c1. The van der Waals surface area contributed by atoms with Crippen molar-refractivity contribution in [2.24, 2.45) is 12.8 Å². The molecule has 1 unspecified atom stereocenters. The van der Waals surface area contributed by atoms with Gasteiger partial charge in [0.05, 0.1) is 19.9 Å². The summed E-state index contributed by atoms with van der Waals surface area (Å²) in [5.41, 5.74) is 9.39. The van der Waals surface area contributed by atoms with Crippen molar-refractivity contribution in [1.82, 2.24) is 9.78 Å². The molecule has 2 aromatic rings. The smallest absolute Gasteiger partial charge is 0.122 e. The molecule has 0 fully saturated rings. The minimum atomic E-state index is -0.131. The Hall–Kier alpha value is -2.01. The number of hydrogen-bond acceptors (Lipinski definition) is 4. The topological polar surface area (TPSA) is 62.3 Å². The van der Waals surface area contributed by atoms with Gasteiger partial charge in [-0.2, -0.15) is 5.10 Å². The largest absolute Gasteiger partial charge is 0.497 e. The van der Waals surface area contributed by atoms with Crippen LogP contribution in [0.25, 0.3) is 0 Å². The lowest BCUT2D eigenvalue weighted by Gasteiger charge is -2.15. The van der Waals surface area contributed by atoms with Gasteiger partial charge in [0.15, 0.2) is 0 Å². The summed E-state index contributed by atoms with van der Waals surface area (Å²) in [6.07, 6.45) is 0.716. The normalized spacial score (nSPS) is 12.2. The van der Waals surface area contributed by atoms with Crippen LogP contribution < -0.4 is 15.2 Å². The minimum absolute atomic E-state index is 0.131. The minimum Gasteiger partial charge on any atom is -0.497 e. The average molecular weight is 275 g/mol. The molecule has 0 spiro atoms. The monoisotopic (exact) mass is 275 g/mol. The fraction of sp³-hybridized carbons (Fsp3) is 0.400. The quantitative estimate of drug-likeness (QED) is 0.906. The van der Waals surface area contributed by atoms with E-state index in [-0.39, 0.29) is 6.04 Å². The first-order valence-electron chi connectivity index (χ1n) is 6.51. The number of nitrogens with zero attached hydrogens (tertiary/aromatic N) is 2. The molecule has 1 atom stereocenters. The summed E-state index contributed by atoms with van der Waals surface area (Å²) in [6.45, 7) is 1.98. The number of hydrogen-bond donors (Lipinski definition) is 1. The average Bonchev–Trinajstić information content (AvgIpc) is 2.76. The number of methoxy groups -OCH3 is 2. The lowest BCUT2D eigenvalue weighted by molar-refractivity contribution is 0.392. The third kappa shape index (κ3) is 3.11. The molecule has 0 amide bonds. The van der Waals surface area contributed by atoms with Crippen molar-refractivity contribution in [3.63, 3.8) is 0 Å². The summed E-state index contributed by atoms with van der Waals surface area (Å²) in [4.78, 5) is 0. The molecule has 1 heterocycles. The molecule has 1 aromatic heterocycles. The zero-order valence-electron chi connectivity index (χ0n) is 12.4. The predicted molar refractivity (Wildman–Crippen MR) is 78.1 cm³/mol. The second-order valence-corrected chi connectivity index (χ2v) is 4.86. The molecule has 2 N–H and O–H groups in total. The molecule has 0 aliphatic heterocycles. The van der Waals surface area contributed by atoms with Crippen LogP contribution in [0, 0.1) is 6.92 Å². The summed E-state index contributed by atoms with van der Waals surface area (Å²) < 4.78 is 12.4. The molecule has 0 saturated carbocycles.